The molecule has 1 aromatic carbocycles. The van der Waals surface area contributed by atoms with Crippen molar-refractivity contribution in [3.63, 3.8) is 0 Å². The lowest BCUT2D eigenvalue weighted by molar-refractivity contribution is 0.102. The first-order valence-corrected chi connectivity index (χ1v) is 9.75. The molecule has 144 valence electrons. The van der Waals surface area contributed by atoms with E-state index < -0.39 is 0 Å². The Hall–Kier alpha value is -2.43. The maximum atomic E-state index is 12.7. The van der Waals surface area contributed by atoms with Gasteiger partial charge in [0.25, 0.3) is 5.91 Å². The first kappa shape index (κ1) is 19.3. The summed E-state index contributed by atoms with van der Waals surface area (Å²) in [5.41, 5.74) is 2.52. The van der Waals surface area contributed by atoms with Crippen LogP contribution in [0.15, 0.2) is 30.3 Å². The van der Waals surface area contributed by atoms with Crippen molar-refractivity contribution < 1.29 is 4.79 Å². The first-order valence-electron chi connectivity index (χ1n) is 9.75. The summed E-state index contributed by atoms with van der Waals surface area (Å²) in [6, 6.07) is 9.81. The van der Waals surface area contributed by atoms with Gasteiger partial charge >= 0.3 is 0 Å². The molecule has 0 spiro atoms. The van der Waals surface area contributed by atoms with Gasteiger partial charge in [0.15, 0.2) is 0 Å². The smallest absolute Gasteiger partial charge is 0.274 e. The molecule has 1 saturated heterocycles. The SMILES string of the molecule is Cc1nc(C(=O)Nc2ccc(C(C)(C)C)cc2)cc(N2CCC(C)CC2)n1. The van der Waals surface area contributed by atoms with Gasteiger partial charge in [-0.15, -0.1) is 0 Å². The number of piperidine rings is 1. The van der Waals surface area contributed by atoms with Gasteiger partial charge in [-0.25, -0.2) is 9.97 Å². The number of hydrogen-bond donors (Lipinski definition) is 1. The lowest BCUT2D eigenvalue weighted by Gasteiger charge is -2.31. The topological polar surface area (TPSA) is 58.1 Å². The number of hydrogen-bond acceptors (Lipinski definition) is 4. The van der Waals surface area contributed by atoms with E-state index in [1.165, 1.54) is 5.56 Å². The number of aromatic nitrogens is 2. The minimum absolute atomic E-state index is 0.0904. The van der Waals surface area contributed by atoms with E-state index >= 15 is 0 Å². The lowest BCUT2D eigenvalue weighted by atomic mass is 9.87. The maximum Gasteiger partial charge on any atom is 0.274 e. The van der Waals surface area contributed by atoms with Crippen molar-refractivity contribution in [1.29, 1.82) is 0 Å². The van der Waals surface area contributed by atoms with Crippen molar-refractivity contribution in [1.82, 2.24) is 9.97 Å². The molecule has 3 rings (SSSR count). The summed E-state index contributed by atoms with van der Waals surface area (Å²) in [4.78, 5) is 23.9. The monoisotopic (exact) mass is 366 g/mol. The van der Waals surface area contributed by atoms with Gasteiger partial charge in [-0.05, 0) is 48.8 Å². The fraction of sp³-hybridized carbons (Fsp3) is 0.500. The third-order valence-electron chi connectivity index (χ3n) is 5.17. The van der Waals surface area contributed by atoms with Crippen LogP contribution in [-0.4, -0.2) is 29.0 Å². The van der Waals surface area contributed by atoms with Crippen molar-refractivity contribution in [3.8, 4) is 0 Å². The van der Waals surface area contributed by atoms with Crippen molar-refractivity contribution >= 4 is 17.4 Å². The van der Waals surface area contributed by atoms with Gasteiger partial charge < -0.3 is 10.2 Å². The van der Waals surface area contributed by atoms with Crippen LogP contribution in [0.3, 0.4) is 0 Å². The molecular formula is C22H30N4O. The second-order valence-electron chi connectivity index (χ2n) is 8.61. The number of anilines is 2. The molecule has 1 aromatic heterocycles. The standard InChI is InChI=1S/C22H30N4O/c1-15-10-12-26(13-11-15)20-14-19(23-16(2)24-20)21(27)25-18-8-6-17(7-9-18)22(3,4)5/h6-9,14-15H,10-13H2,1-5H3,(H,25,27). The van der Waals surface area contributed by atoms with Crippen LogP contribution in [-0.2, 0) is 5.41 Å². The van der Waals surface area contributed by atoms with E-state index in [0.717, 1.165) is 43.4 Å². The average Bonchev–Trinajstić information content (AvgIpc) is 2.61. The van der Waals surface area contributed by atoms with Gasteiger partial charge in [0, 0.05) is 24.8 Å². The van der Waals surface area contributed by atoms with E-state index in [4.69, 9.17) is 0 Å². The summed E-state index contributed by atoms with van der Waals surface area (Å²) in [7, 11) is 0. The van der Waals surface area contributed by atoms with E-state index in [9.17, 15) is 4.79 Å². The predicted octanol–water partition coefficient (Wildman–Crippen LogP) is 4.57. The summed E-state index contributed by atoms with van der Waals surface area (Å²) < 4.78 is 0. The zero-order valence-corrected chi connectivity index (χ0v) is 17.0. The Morgan fingerprint density at radius 3 is 2.33 bits per heavy atom. The van der Waals surface area contributed by atoms with Gasteiger partial charge in [-0.1, -0.05) is 39.8 Å². The molecule has 0 aliphatic carbocycles. The fourth-order valence-corrected chi connectivity index (χ4v) is 3.32. The van der Waals surface area contributed by atoms with Gasteiger partial charge in [0.2, 0.25) is 0 Å². The molecule has 2 aromatic rings. The zero-order valence-electron chi connectivity index (χ0n) is 17.0. The lowest BCUT2D eigenvalue weighted by Crippen LogP contribution is -2.34. The second kappa shape index (κ2) is 7.67. The van der Waals surface area contributed by atoms with Crippen LogP contribution in [0.2, 0.25) is 0 Å². The van der Waals surface area contributed by atoms with Crippen molar-refractivity contribution in [2.75, 3.05) is 23.3 Å². The van der Waals surface area contributed by atoms with Crippen LogP contribution in [0.5, 0.6) is 0 Å². The third kappa shape index (κ3) is 4.85. The Labute approximate surface area is 162 Å². The van der Waals surface area contributed by atoms with E-state index in [0.29, 0.717) is 11.5 Å². The van der Waals surface area contributed by atoms with Crippen LogP contribution in [0.1, 0.15) is 62.4 Å². The molecule has 5 heteroatoms. The second-order valence-corrected chi connectivity index (χ2v) is 8.61. The molecule has 0 radical (unpaired) electrons. The Bertz CT molecular complexity index is 800. The summed E-state index contributed by atoms with van der Waals surface area (Å²) in [6.45, 7) is 12.6. The molecule has 1 aliphatic heterocycles. The normalized spacial score (nSPS) is 15.7. The van der Waals surface area contributed by atoms with Crippen molar-refractivity contribution in [2.24, 2.45) is 5.92 Å². The number of amides is 1. The first-order chi connectivity index (χ1) is 12.7. The Balaban J connectivity index is 1.74. The van der Waals surface area contributed by atoms with E-state index in [1.807, 2.05) is 25.1 Å². The van der Waals surface area contributed by atoms with Gasteiger partial charge in [-0.3, -0.25) is 4.79 Å². The highest BCUT2D eigenvalue weighted by Crippen LogP contribution is 2.24. The molecule has 1 aliphatic rings. The number of carbonyl (C=O) groups excluding carboxylic acids is 1. The van der Waals surface area contributed by atoms with Gasteiger partial charge in [0.05, 0.1) is 0 Å². The Kier molecular flexibility index (Phi) is 5.49. The molecule has 2 heterocycles. The molecule has 0 atom stereocenters. The van der Waals surface area contributed by atoms with Crippen LogP contribution in [0, 0.1) is 12.8 Å². The predicted molar refractivity (Wildman–Crippen MR) is 110 cm³/mol. The van der Waals surface area contributed by atoms with Crippen LogP contribution >= 0.6 is 0 Å². The highest BCUT2D eigenvalue weighted by Gasteiger charge is 2.20. The van der Waals surface area contributed by atoms with Crippen LogP contribution in [0.4, 0.5) is 11.5 Å². The van der Waals surface area contributed by atoms with Crippen molar-refractivity contribution in [2.45, 2.75) is 52.9 Å². The highest BCUT2D eigenvalue weighted by molar-refractivity contribution is 6.03. The Morgan fingerprint density at radius 1 is 1.11 bits per heavy atom. The summed E-state index contributed by atoms with van der Waals surface area (Å²) in [5.74, 6) is 2.03. The summed E-state index contributed by atoms with van der Waals surface area (Å²) >= 11 is 0. The third-order valence-corrected chi connectivity index (χ3v) is 5.17. The number of benzene rings is 1. The molecule has 0 unspecified atom stereocenters. The van der Waals surface area contributed by atoms with Crippen molar-refractivity contribution in [3.05, 3.63) is 47.4 Å². The molecular weight excluding hydrogens is 336 g/mol. The fourth-order valence-electron chi connectivity index (χ4n) is 3.32. The molecule has 5 nitrogen and oxygen atoms in total. The number of rotatable bonds is 3. The molecule has 27 heavy (non-hydrogen) atoms. The number of carbonyl (C=O) groups is 1. The maximum absolute atomic E-state index is 12.7. The molecule has 0 bridgehead atoms. The quantitative estimate of drug-likeness (QED) is 0.864. The highest BCUT2D eigenvalue weighted by atomic mass is 16.1. The van der Waals surface area contributed by atoms with E-state index in [2.05, 4.69) is 60.0 Å². The van der Waals surface area contributed by atoms with E-state index in [-0.39, 0.29) is 11.3 Å². The zero-order chi connectivity index (χ0) is 19.6. The molecule has 0 saturated carbocycles. The molecule has 1 fully saturated rings. The minimum Gasteiger partial charge on any atom is -0.356 e. The molecule has 1 amide bonds. The van der Waals surface area contributed by atoms with Gasteiger partial charge in [0.1, 0.15) is 17.3 Å². The van der Waals surface area contributed by atoms with E-state index in [1.54, 1.807) is 0 Å². The molecule has 1 N–H and O–H groups in total. The Morgan fingerprint density at radius 2 is 1.74 bits per heavy atom. The largest absolute Gasteiger partial charge is 0.356 e. The number of nitrogens with zero attached hydrogens (tertiary/aromatic N) is 3. The number of aryl methyl sites for hydroxylation is 1. The number of nitrogens with one attached hydrogen (secondary N) is 1. The summed E-state index contributed by atoms with van der Waals surface area (Å²) in [6.07, 6.45) is 2.31. The van der Waals surface area contributed by atoms with Crippen LogP contribution in [0.25, 0.3) is 0 Å². The van der Waals surface area contributed by atoms with Gasteiger partial charge in [-0.2, -0.15) is 0 Å². The minimum atomic E-state index is -0.198. The van der Waals surface area contributed by atoms with Crippen LogP contribution < -0.4 is 10.2 Å². The summed E-state index contributed by atoms with van der Waals surface area (Å²) in [5, 5.41) is 2.95. The average molecular weight is 367 g/mol.